The lowest BCUT2D eigenvalue weighted by molar-refractivity contribution is -0.384. The number of rotatable bonds is 7. The number of carbonyl (C=O) groups excluding carboxylic acids is 2. The highest BCUT2D eigenvalue weighted by molar-refractivity contribution is 7.99. The molecule has 10 nitrogen and oxygen atoms in total. The van der Waals surface area contributed by atoms with E-state index in [4.69, 9.17) is 0 Å². The van der Waals surface area contributed by atoms with Crippen LogP contribution in [0.2, 0.25) is 0 Å². The third-order valence-electron chi connectivity index (χ3n) is 4.11. The van der Waals surface area contributed by atoms with E-state index in [2.05, 4.69) is 39.5 Å². The third kappa shape index (κ3) is 4.66. The molecule has 2 N–H and O–H groups in total. The van der Waals surface area contributed by atoms with Crippen molar-refractivity contribution in [1.29, 1.82) is 0 Å². The van der Waals surface area contributed by atoms with Gasteiger partial charge in [-0.15, -0.1) is 10.2 Å². The second kappa shape index (κ2) is 8.38. The fraction of sp³-hybridized carbons (Fsp3) is 0.412. The summed E-state index contributed by atoms with van der Waals surface area (Å²) in [4.78, 5) is 34.1. The van der Waals surface area contributed by atoms with Crippen molar-refractivity contribution in [2.45, 2.75) is 43.8 Å². The van der Waals surface area contributed by atoms with Gasteiger partial charge in [0.1, 0.15) is 5.82 Å². The molecule has 0 spiro atoms. The van der Waals surface area contributed by atoms with Crippen LogP contribution in [0.15, 0.2) is 29.4 Å². The second-order valence-corrected chi connectivity index (χ2v) is 7.63. The number of amides is 2. The van der Waals surface area contributed by atoms with Gasteiger partial charge in [0.25, 0.3) is 11.6 Å². The number of nitro groups is 1. The largest absolute Gasteiger partial charge is 0.303 e. The Kier molecular flexibility index (Phi) is 5.93. The topological polar surface area (TPSA) is 132 Å². The highest BCUT2D eigenvalue weighted by Crippen LogP contribution is 2.40. The van der Waals surface area contributed by atoms with Crippen molar-refractivity contribution < 1.29 is 14.5 Å². The number of hydrazine groups is 1. The Hall–Kier alpha value is -2.95. The Morgan fingerprint density at radius 3 is 2.50 bits per heavy atom. The number of nitrogens with one attached hydrogen (secondary N) is 2. The fourth-order valence-electron chi connectivity index (χ4n) is 2.56. The molecule has 0 unspecified atom stereocenters. The minimum absolute atomic E-state index is 0.0729. The van der Waals surface area contributed by atoms with Gasteiger partial charge >= 0.3 is 0 Å². The van der Waals surface area contributed by atoms with E-state index in [0.29, 0.717) is 11.2 Å². The normalized spacial score (nSPS) is 13.4. The lowest BCUT2D eigenvalue weighted by Gasteiger charge is -2.11. The predicted octanol–water partition coefficient (Wildman–Crippen LogP) is 2.20. The summed E-state index contributed by atoms with van der Waals surface area (Å²) >= 11 is 1.27. The summed E-state index contributed by atoms with van der Waals surface area (Å²) < 4.78 is 2.10. The maximum absolute atomic E-state index is 12.0. The second-order valence-electron chi connectivity index (χ2n) is 6.69. The molecule has 0 saturated heterocycles. The summed E-state index contributed by atoms with van der Waals surface area (Å²) in [6.45, 7) is 4.11. The number of hydrogen-bond donors (Lipinski definition) is 2. The van der Waals surface area contributed by atoms with Crippen LogP contribution < -0.4 is 10.9 Å². The van der Waals surface area contributed by atoms with Gasteiger partial charge in [0, 0.05) is 29.7 Å². The number of carbonyl (C=O) groups is 2. The first-order chi connectivity index (χ1) is 13.4. The molecular formula is C17H20N6O4S. The van der Waals surface area contributed by atoms with Crippen molar-refractivity contribution >= 4 is 29.3 Å². The van der Waals surface area contributed by atoms with E-state index >= 15 is 0 Å². The number of hydrogen-bond acceptors (Lipinski definition) is 7. The van der Waals surface area contributed by atoms with Gasteiger partial charge in [-0.3, -0.25) is 30.6 Å². The van der Waals surface area contributed by atoms with Crippen LogP contribution in [-0.4, -0.2) is 37.3 Å². The van der Waals surface area contributed by atoms with Crippen LogP contribution in [0, 0.1) is 10.1 Å². The van der Waals surface area contributed by atoms with Crippen molar-refractivity contribution in [3.8, 4) is 0 Å². The summed E-state index contributed by atoms with van der Waals surface area (Å²) in [6, 6.07) is 5.49. The zero-order chi connectivity index (χ0) is 20.3. The van der Waals surface area contributed by atoms with Gasteiger partial charge in [0.05, 0.1) is 10.7 Å². The summed E-state index contributed by atoms with van der Waals surface area (Å²) in [5, 5.41) is 19.7. The molecule has 1 saturated carbocycles. The molecule has 1 aromatic heterocycles. The molecule has 1 aromatic carbocycles. The molecule has 3 rings (SSSR count). The van der Waals surface area contributed by atoms with E-state index in [9.17, 15) is 19.7 Å². The van der Waals surface area contributed by atoms with Crippen molar-refractivity contribution in [1.82, 2.24) is 25.6 Å². The zero-order valence-corrected chi connectivity index (χ0v) is 16.2. The molecule has 1 fully saturated rings. The van der Waals surface area contributed by atoms with E-state index in [1.165, 1.54) is 36.0 Å². The number of benzene rings is 1. The predicted molar refractivity (Wildman–Crippen MR) is 102 cm³/mol. The van der Waals surface area contributed by atoms with Crippen LogP contribution in [0.25, 0.3) is 0 Å². The average Bonchev–Trinajstić information content (AvgIpc) is 3.42. The first kappa shape index (κ1) is 19.8. The number of non-ortho nitro benzene ring substituents is 1. The molecule has 1 aliphatic rings. The van der Waals surface area contributed by atoms with E-state index in [1.807, 2.05) is 0 Å². The number of thioether (sulfide) groups is 1. The highest BCUT2D eigenvalue weighted by Gasteiger charge is 2.30. The Morgan fingerprint density at radius 2 is 1.93 bits per heavy atom. The molecule has 2 amide bonds. The SMILES string of the molecule is CC(C)c1nnc(SCC(=O)NNC(=O)c2ccc([N+](=O)[O-])cc2)n1C1CC1. The van der Waals surface area contributed by atoms with E-state index in [-0.39, 0.29) is 22.9 Å². The first-order valence-electron chi connectivity index (χ1n) is 8.78. The fourth-order valence-corrected chi connectivity index (χ4v) is 3.37. The van der Waals surface area contributed by atoms with Crippen LogP contribution in [0.1, 0.15) is 54.8 Å². The van der Waals surface area contributed by atoms with Crippen LogP contribution in [-0.2, 0) is 4.79 Å². The van der Waals surface area contributed by atoms with Gasteiger partial charge in [0.15, 0.2) is 5.16 Å². The maximum atomic E-state index is 12.0. The smallest absolute Gasteiger partial charge is 0.269 e. The number of nitrogens with zero attached hydrogens (tertiary/aromatic N) is 4. The summed E-state index contributed by atoms with van der Waals surface area (Å²) in [5.41, 5.74) is 4.71. The Labute approximate surface area is 165 Å². The molecule has 11 heteroatoms. The van der Waals surface area contributed by atoms with Crippen molar-refractivity contribution in [3.63, 3.8) is 0 Å². The number of nitro benzene ring substituents is 1. The molecule has 1 heterocycles. The van der Waals surface area contributed by atoms with Crippen molar-refractivity contribution in [2.75, 3.05) is 5.75 Å². The third-order valence-corrected chi connectivity index (χ3v) is 5.05. The number of aromatic nitrogens is 3. The highest BCUT2D eigenvalue weighted by atomic mass is 32.2. The van der Waals surface area contributed by atoms with Gasteiger partial charge in [-0.1, -0.05) is 25.6 Å². The lowest BCUT2D eigenvalue weighted by atomic mass is 10.2. The monoisotopic (exact) mass is 404 g/mol. The summed E-state index contributed by atoms with van der Waals surface area (Å²) in [7, 11) is 0. The lowest BCUT2D eigenvalue weighted by Crippen LogP contribution is -2.42. The minimum Gasteiger partial charge on any atom is -0.303 e. The maximum Gasteiger partial charge on any atom is 0.269 e. The Bertz CT molecular complexity index is 892. The molecule has 0 aliphatic heterocycles. The molecule has 0 atom stereocenters. The van der Waals surface area contributed by atoms with E-state index in [1.54, 1.807) is 0 Å². The van der Waals surface area contributed by atoms with Gasteiger partial charge in [-0.2, -0.15) is 0 Å². The van der Waals surface area contributed by atoms with Gasteiger partial charge < -0.3 is 4.57 Å². The van der Waals surface area contributed by atoms with E-state index < -0.39 is 16.7 Å². The molecule has 0 radical (unpaired) electrons. The quantitative estimate of drug-likeness (QED) is 0.411. The summed E-state index contributed by atoms with van der Waals surface area (Å²) in [5.74, 6) is 0.283. The molecule has 28 heavy (non-hydrogen) atoms. The first-order valence-corrected chi connectivity index (χ1v) is 9.76. The minimum atomic E-state index is -0.559. The molecule has 1 aliphatic carbocycles. The summed E-state index contributed by atoms with van der Waals surface area (Å²) in [6.07, 6.45) is 2.17. The van der Waals surface area contributed by atoms with Crippen LogP contribution in [0.3, 0.4) is 0 Å². The Morgan fingerprint density at radius 1 is 1.25 bits per heavy atom. The van der Waals surface area contributed by atoms with Gasteiger partial charge in [-0.25, -0.2) is 0 Å². The van der Waals surface area contributed by atoms with Crippen molar-refractivity contribution in [2.24, 2.45) is 0 Å². The van der Waals surface area contributed by atoms with Gasteiger partial charge in [-0.05, 0) is 25.0 Å². The molecule has 0 bridgehead atoms. The van der Waals surface area contributed by atoms with Gasteiger partial charge in [0.2, 0.25) is 5.91 Å². The standard InChI is InChI=1S/C17H20N6O4S/c1-10(2)15-19-21-17(22(15)12-7-8-12)28-9-14(24)18-20-16(25)11-3-5-13(6-4-11)23(26)27/h3-6,10,12H,7-9H2,1-2H3,(H,18,24)(H,20,25). The van der Waals surface area contributed by atoms with Crippen LogP contribution >= 0.6 is 11.8 Å². The zero-order valence-electron chi connectivity index (χ0n) is 15.4. The molecule has 148 valence electrons. The molecule has 2 aromatic rings. The molecular weight excluding hydrogens is 384 g/mol. The van der Waals surface area contributed by atoms with Crippen LogP contribution in [0.5, 0.6) is 0 Å². The Balaban J connectivity index is 1.51. The van der Waals surface area contributed by atoms with Crippen molar-refractivity contribution in [3.05, 3.63) is 45.8 Å². The van der Waals surface area contributed by atoms with Crippen LogP contribution in [0.4, 0.5) is 5.69 Å². The van der Waals surface area contributed by atoms with E-state index in [0.717, 1.165) is 18.7 Å². The average molecular weight is 404 g/mol.